The van der Waals surface area contributed by atoms with Gasteiger partial charge in [-0.3, -0.25) is 4.79 Å². The van der Waals surface area contributed by atoms with E-state index in [0.717, 1.165) is 12.8 Å². The molecule has 5 heteroatoms. The molecule has 0 aromatic carbocycles. The number of nitrogens with two attached hydrogens (primary N) is 1. The van der Waals surface area contributed by atoms with Gasteiger partial charge in [-0.05, 0) is 33.6 Å². The van der Waals surface area contributed by atoms with E-state index >= 15 is 0 Å². The number of carbonyl (C=O) groups is 2. The molecule has 2 unspecified atom stereocenters. The van der Waals surface area contributed by atoms with Crippen molar-refractivity contribution in [3.63, 3.8) is 0 Å². The van der Waals surface area contributed by atoms with E-state index in [2.05, 4.69) is 0 Å². The zero-order valence-corrected chi connectivity index (χ0v) is 10.7. The van der Waals surface area contributed by atoms with E-state index in [-0.39, 0.29) is 23.3 Å². The van der Waals surface area contributed by atoms with E-state index in [4.69, 9.17) is 10.5 Å². The molecule has 2 rings (SSSR count). The van der Waals surface area contributed by atoms with E-state index in [9.17, 15) is 9.59 Å². The van der Waals surface area contributed by atoms with Gasteiger partial charge >= 0.3 is 6.09 Å². The van der Waals surface area contributed by atoms with Gasteiger partial charge in [0.05, 0.1) is 0 Å². The van der Waals surface area contributed by atoms with Crippen LogP contribution in [0.25, 0.3) is 0 Å². The Morgan fingerprint density at radius 3 is 2.53 bits per heavy atom. The van der Waals surface area contributed by atoms with Crippen molar-refractivity contribution in [2.24, 2.45) is 17.1 Å². The fraction of sp³-hybridized carbons (Fsp3) is 0.833. The first-order chi connectivity index (χ1) is 7.73. The highest BCUT2D eigenvalue weighted by Gasteiger charge is 2.61. The Bertz CT molecular complexity index is 361. The molecule has 1 heterocycles. The normalized spacial score (nSPS) is 31.7. The Labute approximate surface area is 101 Å². The molecule has 1 spiro atoms. The van der Waals surface area contributed by atoms with E-state index in [1.54, 1.807) is 4.90 Å². The molecule has 0 aromatic rings. The minimum atomic E-state index is -0.473. The zero-order valence-electron chi connectivity index (χ0n) is 10.7. The predicted molar refractivity (Wildman–Crippen MR) is 62.2 cm³/mol. The largest absolute Gasteiger partial charge is 0.444 e. The highest BCUT2D eigenvalue weighted by molar-refractivity contribution is 5.81. The van der Waals surface area contributed by atoms with Crippen LogP contribution in [-0.2, 0) is 9.53 Å². The number of amides is 2. The van der Waals surface area contributed by atoms with Crippen molar-refractivity contribution < 1.29 is 14.3 Å². The first-order valence-corrected chi connectivity index (χ1v) is 6.01. The van der Waals surface area contributed by atoms with Crippen molar-refractivity contribution in [1.82, 2.24) is 4.90 Å². The molecule has 96 valence electrons. The third kappa shape index (κ3) is 2.37. The summed E-state index contributed by atoms with van der Waals surface area (Å²) in [5.74, 6) is -0.286. The second-order valence-electron chi connectivity index (χ2n) is 6.17. The fourth-order valence-electron chi connectivity index (χ4n) is 2.58. The summed E-state index contributed by atoms with van der Waals surface area (Å²) in [7, 11) is 0. The summed E-state index contributed by atoms with van der Waals surface area (Å²) in [6.45, 7) is 6.81. The van der Waals surface area contributed by atoms with Gasteiger partial charge in [0.2, 0.25) is 5.91 Å². The van der Waals surface area contributed by atoms with Crippen LogP contribution in [0.5, 0.6) is 0 Å². The number of likely N-dealkylation sites (tertiary alicyclic amines) is 1. The van der Waals surface area contributed by atoms with Crippen molar-refractivity contribution in [3.05, 3.63) is 0 Å². The highest BCUT2D eigenvalue weighted by atomic mass is 16.6. The summed E-state index contributed by atoms with van der Waals surface area (Å²) < 4.78 is 5.31. The molecule has 2 amide bonds. The van der Waals surface area contributed by atoms with Crippen LogP contribution in [0.3, 0.4) is 0 Å². The lowest BCUT2D eigenvalue weighted by atomic mass is 10.0. The Morgan fingerprint density at radius 1 is 1.41 bits per heavy atom. The van der Waals surface area contributed by atoms with Crippen LogP contribution in [0, 0.1) is 11.3 Å². The van der Waals surface area contributed by atoms with Gasteiger partial charge in [-0.1, -0.05) is 0 Å². The first-order valence-electron chi connectivity index (χ1n) is 6.01. The molecule has 0 bridgehead atoms. The van der Waals surface area contributed by atoms with E-state index in [0.29, 0.717) is 13.1 Å². The lowest BCUT2D eigenvalue weighted by Gasteiger charge is -2.24. The number of nitrogens with zero attached hydrogens (tertiary/aromatic N) is 1. The van der Waals surface area contributed by atoms with Gasteiger partial charge in [0, 0.05) is 24.4 Å². The van der Waals surface area contributed by atoms with Crippen molar-refractivity contribution >= 4 is 12.0 Å². The lowest BCUT2D eigenvalue weighted by molar-refractivity contribution is -0.119. The number of hydrogen-bond donors (Lipinski definition) is 1. The van der Waals surface area contributed by atoms with Gasteiger partial charge in [-0.15, -0.1) is 0 Å². The molecule has 1 aliphatic heterocycles. The summed E-state index contributed by atoms with van der Waals surface area (Å²) in [6, 6.07) is 0. The Hall–Kier alpha value is -1.26. The molecule has 2 atom stereocenters. The van der Waals surface area contributed by atoms with Crippen molar-refractivity contribution in [2.75, 3.05) is 13.1 Å². The molecule has 0 aromatic heterocycles. The summed E-state index contributed by atoms with van der Waals surface area (Å²) in [5.41, 5.74) is 4.79. The van der Waals surface area contributed by atoms with Crippen LogP contribution in [0.1, 0.15) is 33.6 Å². The smallest absolute Gasteiger partial charge is 0.410 e. The van der Waals surface area contributed by atoms with Crippen LogP contribution in [0.2, 0.25) is 0 Å². The van der Waals surface area contributed by atoms with E-state index < -0.39 is 5.60 Å². The second kappa shape index (κ2) is 3.62. The summed E-state index contributed by atoms with van der Waals surface area (Å²) >= 11 is 0. The molecule has 2 aliphatic rings. The van der Waals surface area contributed by atoms with Gasteiger partial charge in [0.1, 0.15) is 5.60 Å². The monoisotopic (exact) mass is 240 g/mol. The van der Waals surface area contributed by atoms with Crippen LogP contribution in [0.15, 0.2) is 0 Å². The average molecular weight is 240 g/mol. The molecule has 17 heavy (non-hydrogen) atoms. The minimum absolute atomic E-state index is 0.0390. The van der Waals surface area contributed by atoms with Crippen molar-refractivity contribution in [3.8, 4) is 0 Å². The van der Waals surface area contributed by atoms with Crippen LogP contribution >= 0.6 is 0 Å². The summed E-state index contributed by atoms with van der Waals surface area (Å²) in [6.07, 6.45) is 1.39. The Kier molecular flexibility index (Phi) is 2.60. The first kappa shape index (κ1) is 12.2. The third-order valence-electron chi connectivity index (χ3n) is 3.57. The molecule has 1 saturated heterocycles. The van der Waals surface area contributed by atoms with Gasteiger partial charge in [0.25, 0.3) is 0 Å². The predicted octanol–water partition coefficient (Wildman–Crippen LogP) is 1.12. The Balaban J connectivity index is 1.91. The lowest BCUT2D eigenvalue weighted by Crippen LogP contribution is -2.35. The molecule has 1 aliphatic carbocycles. The molecule has 2 fully saturated rings. The van der Waals surface area contributed by atoms with Crippen LogP contribution < -0.4 is 5.73 Å². The number of primary amides is 1. The zero-order chi connectivity index (χ0) is 12.8. The quantitative estimate of drug-likeness (QED) is 0.746. The molecule has 5 nitrogen and oxygen atoms in total. The van der Waals surface area contributed by atoms with Gasteiger partial charge in [-0.2, -0.15) is 0 Å². The molecule has 1 saturated carbocycles. The molecular weight excluding hydrogens is 220 g/mol. The van der Waals surface area contributed by atoms with E-state index in [1.807, 2.05) is 20.8 Å². The average Bonchev–Trinajstić information content (AvgIpc) is 2.65. The SMILES string of the molecule is CC(C)(C)OC(=O)N1CCC2(CC2C(N)=O)C1. The van der Waals surface area contributed by atoms with Crippen molar-refractivity contribution in [1.29, 1.82) is 0 Å². The standard InChI is InChI=1S/C12H20N2O3/c1-11(2,3)17-10(16)14-5-4-12(7-14)6-8(12)9(13)15/h8H,4-7H2,1-3H3,(H2,13,15). The number of hydrogen-bond acceptors (Lipinski definition) is 3. The van der Waals surface area contributed by atoms with E-state index in [1.165, 1.54) is 0 Å². The number of carbonyl (C=O) groups excluding carboxylic acids is 2. The number of rotatable bonds is 1. The maximum atomic E-state index is 11.8. The van der Waals surface area contributed by atoms with Gasteiger partial charge in [0.15, 0.2) is 0 Å². The highest BCUT2D eigenvalue weighted by Crippen LogP contribution is 2.58. The topological polar surface area (TPSA) is 72.6 Å². The molecule has 2 N–H and O–H groups in total. The molecular formula is C12H20N2O3. The summed E-state index contributed by atoms with van der Waals surface area (Å²) in [5, 5.41) is 0. The Morgan fingerprint density at radius 2 is 2.06 bits per heavy atom. The maximum Gasteiger partial charge on any atom is 0.410 e. The number of ether oxygens (including phenoxy) is 1. The van der Waals surface area contributed by atoms with Crippen molar-refractivity contribution in [2.45, 2.75) is 39.2 Å². The maximum absolute atomic E-state index is 11.8. The molecule has 0 radical (unpaired) electrons. The summed E-state index contributed by atoms with van der Waals surface area (Å²) in [4.78, 5) is 24.6. The van der Waals surface area contributed by atoms with Crippen LogP contribution in [0.4, 0.5) is 4.79 Å². The van der Waals surface area contributed by atoms with Gasteiger partial charge < -0.3 is 15.4 Å². The van der Waals surface area contributed by atoms with Gasteiger partial charge in [-0.25, -0.2) is 4.79 Å². The third-order valence-corrected chi connectivity index (χ3v) is 3.57. The fourth-order valence-corrected chi connectivity index (χ4v) is 2.58. The van der Waals surface area contributed by atoms with Crippen LogP contribution in [-0.4, -0.2) is 35.6 Å². The minimum Gasteiger partial charge on any atom is -0.444 e. The second-order valence-corrected chi connectivity index (χ2v) is 6.17.